The Kier molecular flexibility index (Phi) is 5.87. The van der Waals surface area contributed by atoms with Crippen molar-refractivity contribution < 1.29 is 19.9 Å². The summed E-state index contributed by atoms with van der Waals surface area (Å²) < 4.78 is 0. The molecule has 0 aliphatic heterocycles. The number of anilines is 1. The largest absolute Gasteiger partial charge is 0.390 e. The van der Waals surface area contributed by atoms with Crippen molar-refractivity contribution in [2.24, 2.45) is 0 Å². The molecule has 0 saturated heterocycles. The number of nitro benzene ring substituents is 1. The molecule has 0 bridgehead atoms. The molecule has 0 saturated carbocycles. The molecule has 1 rings (SSSR count). The van der Waals surface area contributed by atoms with E-state index in [0.717, 1.165) is 6.07 Å². The van der Waals surface area contributed by atoms with Crippen molar-refractivity contribution >= 4 is 28.9 Å². The number of nitrogens with one attached hydrogen (secondary N) is 1. The average molecular weight is 303 g/mol. The van der Waals surface area contributed by atoms with Crippen LogP contribution in [0.5, 0.6) is 0 Å². The molecule has 0 aliphatic rings. The van der Waals surface area contributed by atoms with Crippen LogP contribution in [0.25, 0.3) is 0 Å². The zero-order valence-electron chi connectivity index (χ0n) is 10.7. The number of amides is 1. The highest BCUT2D eigenvalue weighted by atomic mass is 35.5. The smallest absolute Gasteiger partial charge is 0.293 e. The van der Waals surface area contributed by atoms with Crippen LogP contribution < -0.4 is 5.32 Å². The Balaban J connectivity index is 3.09. The molecule has 2 unspecified atom stereocenters. The molecular formula is C12H15ClN2O5. The van der Waals surface area contributed by atoms with Crippen LogP contribution in [0.15, 0.2) is 18.2 Å². The fourth-order valence-electron chi connectivity index (χ4n) is 1.67. The molecule has 3 N–H and O–H groups in total. The molecule has 20 heavy (non-hydrogen) atoms. The lowest BCUT2D eigenvalue weighted by Gasteiger charge is -2.17. The molecule has 7 nitrogen and oxygen atoms in total. The summed E-state index contributed by atoms with van der Waals surface area (Å²) >= 11 is 5.47. The van der Waals surface area contributed by atoms with Crippen LogP contribution in [0, 0.1) is 10.1 Å². The SMILES string of the molecule is CC(=O)Nc1ccc(C(O)C(O)CCCl)cc1[N+](=O)[O-]. The van der Waals surface area contributed by atoms with Crippen LogP contribution in [0.3, 0.4) is 0 Å². The van der Waals surface area contributed by atoms with Gasteiger partial charge in [-0.25, -0.2) is 0 Å². The fourth-order valence-corrected chi connectivity index (χ4v) is 1.89. The monoisotopic (exact) mass is 302 g/mol. The highest BCUT2D eigenvalue weighted by Crippen LogP contribution is 2.29. The summed E-state index contributed by atoms with van der Waals surface area (Å²) in [6.45, 7) is 1.23. The molecule has 110 valence electrons. The van der Waals surface area contributed by atoms with Gasteiger partial charge in [0.05, 0.1) is 11.0 Å². The first-order valence-corrected chi connectivity index (χ1v) is 6.38. The minimum atomic E-state index is -1.28. The third kappa shape index (κ3) is 4.16. The van der Waals surface area contributed by atoms with E-state index in [1.54, 1.807) is 0 Å². The molecule has 0 radical (unpaired) electrons. The van der Waals surface area contributed by atoms with E-state index < -0.39 is 23.0 Å². The Morgan fingerprint density at radius 2 is 2.15 bits per heavy atom. The molecule has 0 spiro atoms. The van der Waals surface area contributed by atoms with Crippen LogP contribution in [-0.2, 0) is 4.79 Å². The van der Waals surface area contributed by atoms with Gasteiger partial charge in [0.1, 0.15) is 11.8 Å². The van der Waals surface area contributed by atoms with Gasteiger partial charge in [-0.2, -0.15) is 0 Å². The maximum Gasteiger partial charge on any atom is 0.293 e. The number of carbonyl (C=O) groups excluding carboxylic acids is 1. The number of hydrogen-bond donors (Lipinski definition) is 3. The highest BCUT2D eigenvalue weighted by molar-refractivity contribution is 6.17. The zero-order chi connectivity index (χ0) is 15.3. The topological polar surface area (TPSA) is 113 Å². The second-order valence-corrected chi connectivity index (χ2v) is 4.58. The Bertz CT molecular complexity index is 509. The maximum absolute atomic E-state index is 11.0. The van der Waals surface area contributed by atoms with Crippen molar-refractivity contribution in [3.63, 3.8) is 0 Å². The second kappa shape index (κ2) is 7.18. The summed E-state index contributed by atoms with van der Waals surface area (Å²) in [5, 5.41) is 32.8. The van der Waals surface area contributed by atoms with E-state index >= 15 is 0 Å². The van der Waals surface area contributed by atoms with Gasteiger partial charge in [-0.15, -0.1) is 11.6 Å². The summed E-state index contributed by atoms with van der Waals surface area (Å²) in [4.78, 5) is 21.3. The number of benzene rings is 1. The first-order valence-electron chi connectivity index (χ1n) is 5.84. The van der Waals surface area contributed by atoms with Crippen molar-refractivity contribution in [3.05, 3.63) is 33.9 Å². The van der Waals surface area contributed by atoms with Gasteiger partial charge in [0.2, 0.25) is 5.91 Å². The van der Waals surface area contributed by atoms with E-state index in [1.165, 1.54) is 19.1 Å². The van der Waals surface area contributed by atoms with Gasteiger partial charge in [0.25, 0.3) is 5.69 Å². The molecular weight excluding hydrogens is 288 g/mol. The van der Waals surface area contributed by atoms with Gasteiger partial charge in [0, 0.05) is 18.9 Å². The van der Waals surface area contributed by atoms with Gasteiger partial charge in [0.15, 0.2) is 0 Å². The van der Waals surface area contributed by atoms with E-state index in [9.17, 15) is 25.1 Å². The summed E-state index contributed by atoms with van der Waals surface area (Å²) in [6.07, 6.45) is -2.23. The van der Waals surface area contributed by atoms with Crippen molar-refractivity contribution in [2.75, 3.05) is 11.2 Å². The Labute approximate surface area is 120 Å². The summed E-state index contributed by atoms with van der Waals surface area (Å²) in [6, 6.07) is 3.83. The molecule has 1 aromatic rings. The molecule has 0 heterocycles. The first-order chi connectivity index (χ1) is 9.36. The fraction of sp³-hybridized carbons (Fsp3) is 0.417. The van der Waals surface area contributed by atoms with Crippen LogP contribution in [-0.4, -0.2) is 33.0 Å². The molecule has 0 fully saturated rings. The molecule has 0 aromatic heterocycles. The number of rotatable bonds is 6. The molecule has 8 heteroatoms. The van der Waals surface area contributed by atoms with Crippen LogP contribution in [0.2, 0.25) is 0 Å². The van der Waals surface area contributed by atoms with Crippen molar-refractivity contribution in [1.82, 2.24) is 0 Å². The molecule has 1 aromatic carbocycles. The quantitative estimate of drug-likeness (QED) is 0.419. The van der Waals surface area contributed by atoms with Gasteiger partial charge in [-0.3, -0.25) is 14.9 Å². The van der Waals surface area contributed by atoms with Crippen LogP contribution >= 0.6 is 11.6 Å². The zero-order valence-corrected chi connectivity index (χ0v) is 11.5. The highest BCUT2D eigenvalue weighted by Gasteiger charge is 2.22. The van der Waals surface area contributed by atoms with Crippen LogP contribution in [0.4, 0.5) is 11.4 Å². The standard InChI is InChI=1S/C12H15ClN2O5/c1-7(16)14-9-3-2-8(6-10(9)15(19)20)12(18)11(17)4-5-13/h2-3,6,11-12,17-18H,4-5H2,1H3,(H,14,16). The Hall–Kier alpha value is -1.70. The third-order valence-electron chi connectivity index (χ3n) is 2.64. The Morgan fingerprint density at radius 3 is 2.65 bits per heavy atom. The van der Waals surface area contributed by atoms with Gasteiger partial charge in [-0.1, -0.05) is 6.07 Å². The third-order valence-corrected chi connectivity index (χ3v) is 2.86. The van der Waals surface area contributed by atoms with E-state index in [0.29, 0.717) is 0 Å². The molecule has 1 amide bonds. The molecule has 2 atom stereocenters. The van der Waals surface area contributed by atoms with E-state index in [2.05, 4.69) is 5.32 Å². The summed E-state index contributed by atoms with van der Waals surface area (Å²) in [7, 11) is 0. The normalized spacial score (nSPS) is 13.6. The van der Waals surface area contributed by atoms with Gasteiger partial charge >= 0.3 is 0 Å². The number of alkyl halides is 1. The average Bonchev–Trinajstić information content (AvgIpc) is 2.37. The van der Waals surface area contributed by atoms with Crippen molar-refractivity contribution in [1.29, 1.82) is 0 Å². The number of nitro groups is 1. The van der Waals surface area contributed by atoms with Gasteiger partial charge < -0.3 is 15.5 Å². The Morgan fingerprint density at radius 1 is 1.50 bits per heavy atom. The first kappa shape index (κ1) is 16.4. The number of nitrogens with zero attached hydrogens (tertiary/aromatic N) is 1. The lowest BCUT2D eigenvalue weighted by atomic mass is 10.0. The van der Waals surface area contributed by atoms with Crippen LogP contribution in [0.1, 0.15) is 25.0 Å². The minimum Gasteiger partial charge on any atom is -0.390 e. The van der Waals surface area contributed by atoms with Crippen molar-refractivity contribution in [3.8, 4) is 0 Å². The van der Waals surface area contributed by atoms with E-state index in [-0.39, 0.29) is 29.2 Å². The number of carbonyl (C=O) groups is 1. The van der Waals surface area contributed by atoms with E-state index in [4.69, 9.17) is 11.6 Å². The van der Waals surface area contributed by atoms with Crippen molar-refractivity contribution in [2.45, 2.75) is 25.6 Å². The number of aliphatic hydroxyl groups is 2. The van der Waals surface area contributed by atoms with E-state index in [1.807, 2.05) is 0 Å². The molecule has 0 aliphatic carbocycles. The number of aliphatic hydroxyl groups excluding tert-OH is 2. The summed E-state index contributed by atoms with van der Waals surface area (Å²) in [5.74, 6) is -0.284. The second-order valence-electron chi connectivity index (χ2n) is 4.20. The lowest BCUT2D eigenvalue weighted by Crippen LogP contribution is -2.19. The maximum atomic E-state index is 11.0. The predicted octanol–water partition coefficient (Wildman–Crippen LogP) is 1.58. The lowest BCUT2D eigenvalue weighted by molar-refractivity contribution is -0.384. The van der Waals surface area contributed by atoms with Gasteiger partial charge in [-0.05, 0) is 18.1 Å². The number of halogens is 1. The number of hydrogen-bond acceptors (Lipinski definition) is 5. The minimum absolute atomic E-state index is 0.0327. The summed E-state index contributed by atoms with van der Waals surface area (Å²) in [5.41, 5.74) is -0.136. The predicted molar refractivity (Wildman–Crippen MR) is 73.7 cm³/mol.